The Balaban J connectivity index is 2.27. The Morgan fingerprint density at radius 1 is 1.32 bits per heavy atom. The van der Waals surface area contributed by atoms with Crippen molar-refractivity contribution in [2.75, 3.05) is 13.1 Å². The predicted molar refractivity (Wildman–Crippen MR) is 77.0 cm³/mol. The van der Waals surface area contributed by atoms with Crippen LogP contribution in [0.4, 0.5) is 0 Å². The summed E-state index contributed by atoms with van der Waals surface area (Å²) in [5, 5.41) is 3.49. The molecule has 19 heavy (non-hydrogen) atoms. The van der Waals surface area contributed by atoms with Gasteiger partial charge in [-0.25, -0.2) is 13.1 Å². The van der Waals surface area contributed by atoms with E-state index in [9.17, 15) is 8.42 Å². The first-order valence-electron chi connectivity index (χ1n) is 6.33. The van der Waals surface area contributed by atoms with Crippen molar-refractivity contribution >= 4 is 21.6 Å². The molecule has 0 aromatic heterocycles. The molecular weight excluding hydrogens is 284 g/mol. The SMILES string of the molecule is Cc1ccc(S(=O)(=O)NC2(C)CCNCC2)c(Cl)c1. The highest BCUT2D eigenvalue weighted by Gasteiger charge is 2.32. The Kier molecular flexibility index (Phi) is 4.20. The van der Waals surface area contributed by atoms with Gasteiger partial charge in [-0.2, -0.15) is 0 Å². The fourth-order valence-electron chi connectivity index (χ4n) is 2.28. The summed E-state index contributed by atoms with van der Waals surface area (Å²) in [6, 6.07) is 4.98. The van der Waals surface area contributed by atoms with Crippen LogP contribution in [-0.4, -0.2) is 27.0 Å². The first-order valence-corrected chi connectivity index (χ1v) is 8.19. The fraction of sp³-hybridized carbons (Fsp3) is 0.538. The molecule has 4 nitrogen and oxygen atoms in total. The molecule has 0 amide bonds. The molecule has 0 radical (unpaired) electrons. The van der Waals surface area contributed by atoms with E-state index in [1.165, 1.54) is 0 Å². The van der Waals surface area contributed by atoms with Crippen LogP contribution in [0.1, 0.15) is 25.3 Å². The quantitative estimate of drug-likeness (QED) is 0.898. The molecule has 1 aliphatic heterocycles. The number of rotatable bonds is 3. The average molecular weight is 303 g/mol. The molecule has 0 saturated carbocycles. The summed E-state index contributed by atoms with van der Waals surface area (Å²) in [6.07, 6.45) is 1.55. The van der Waals surface area contributed by atoms with Gasteiger partial charge in [0.15, 0.2) is 0 Å². The summed E-state index contributed by atoms with van der Waals surface area (Å²) in [6.45, 7) is 5.46. The minimum Gasteiger partial charge on any atom is -0.317 e. The van der Waals surface area contributed by atoms with Crippen LogP contribution in [0, 0.1) is 6.92 Å². The van der Waals surface area contributed by atoms with Gasteiger partial charge in [0.2, 0.25) is 10.0 Å². The second-order valence-corrected chi connectivity index (χ2v) is 7.41. The molecular formula is C13H19ClN2O2S. The maximum absolute atomic E-state index is 12.4. The maximum Gasteiger partial charge on any atom is 0.242 e. The Labute approximate surface area is 119 Å². The average Bonchev–Trinajstić information content (AvgIpc) is 2.27. The zero-order valence-electron chi connectivity index (χ0n) is 11.2. The molecule has 0 bridgehead atoms. The number of nitrogens with one attached hydrogen (secondary N) is 2. The molecule has 1 heterocycles. The molecule has 1 saturated heterocycles. The normalized spacial score (nSPS) is 19.3. The minimum absolute atomic E-state index is 0.152. The zero-order valence-corrected chi connectivity index (χ0v) is 12.7. The van der Waals surface area contributed by atoms with Gasteiger partial charge in [0, 0.05) is 5.54 Å². The van der Waals surface area contributed by atoms with Gasteiger partial charge in [0.05, 0.1) is 5.02 Å². The van der Waals surface area contributed by atoms with Crippen LogP contribution in [0.15, 0.2) is 23.1 Å². The van der Waals surface area contributed by atoms with E-state index < -0.39 is 15.6 Å². The fourth-order valence-corrected chi connectivity index (χ4v) is 4.35. The first-order chi connectivity index (χ1) is 8.82. The van der Waals surface area contributed by atoms with Crippen molar-refractivity contribution in [1.29, 1.82) is 0 Å². The monoisotopic (exact) mass is 302 g/mol. The van der Waals surface area contributed by atoms with Gasteiger partial charge in [-0.15, -0.1) is 0 Å². The highest BCUT2D eigenvalue weighted by atomic mass is 35.5. The smallest absolute Gasteiger partial charge is 0.242 e. The molecule has 1 fully saturated rings. The molecule has 0 unspecified atom stereocenters. The van der Waals surface area contributed by atoms with E-state index in [0.717, 1.165) is 31.5 Å². The van der Waals surface area contributed by atoms with Gasteiger partial charge < -0.3 is 5.32 Å². The number of aryl methyl sites for hydroxylation is 1. The minimum atomic E-state index is -3.58. The van der Waals surface area contributed by atoms with E-state index in [2.05, 4.69) is 10.0 Å². The third-order valence-electron chi connectivity index (χ3n) is 3.46. The Morgan fingerprint density at radius 3 is 2.53 bits per heavy atom. The molecule has 0 spiro atoms. The molecule has 2 rings (SSSR count). The van der Waals surface area contributed by atoms with Crippen molar-refractivity contribution < 1.29 is 8.42 Å². The Morgan fingerprint density at radius 2 is 1.95 bits per heavy atom. The lowest BCUT2D eigenvalue weighted by atomic mass is 9.92. The summed E-state index contributed by atoms with van der Waals surface area (Å²) in [5.74, 6) is 0. The van der Waals surface area contributed by atoms with Gasteiger partial charge in [0.25, 0.3) is 0 Å². The van der Waals surface area contributed by atoms with Crippen LogP contribution in [0.3, 0.4) is 0 Å². The standard InChI is InChI=1S/C13H19ClN2O2S/c1-10-3-4-12(11(14)9-10)19(17,18)16-13(2)5-7-15-8-6-13/h3-4,9,15-16H,5-8H2,1-2H3. The zero-order chi connectivity index (χ0) is 14.1. The number of benzene rings is 1. The van der Waals surface area contributed by atoms with E-state index in [0.29, 0.717) is 0 Å². The first kappa shape index (κ1) is 14.8. The van der Waals surface area contributed by atoms with E-state index in [1.807, 2.05) is 13.8 Å². The molecule has 0 aliphatic carbocycles. The van der Waals surface area contributed by atoms with Gasteiger partial charge in [0.1, 0.15) is 4.90 Å². The lowest BCUT2D eigenvalue weighted by molar-refractivity contribution is 0.308. The van der Waals surface area contributed by atoms with Gasteiger partial charge in [-0.1, -0.05) is 17.7 Å². The maximum atomic E-state index is 12.4. The topological polar surface area (TPSA) is 58.2 Å². The molecule has 0 atom stereocenters. The number of piperidine rings is 1. The predicted octanol–water partition coefficient (Wildman–Crippen LogP) is 2.07. The van der Waals surface area contributed by atoms with Crippen molar-refractivity contribution in [3.63, 3.8) is 0 Å². The van der Waals surface area contributed by atoms with Crippen molar-refractivity contribution in [2.24, 2.45) is 0 Å². The van der Waals surface area contributed by atoms with Crippen LogP contribution in [-0.2, 0) is 10.0 Å². The molecule has 2 N–H and O–H groups in total. The number of halogens is 1. The number of hydrogen-bond acceptors (Lipinski definition) is 3. The second-order valence-electron chi connectivity index (χ2n) is 5.35. The lowest BCUT2D eigenvalue weighted by Crippen LogP contribution is -2.52. The lowest BCUT2D eigenvalue weighted by Gasteiger charge is -2.34. The molecule has 1 aromatic carbocycles. The Bertz CT molecular complexity index is 566. The van der Waals surface area contributed by atoms with Gasteiger partial charge in [-0.05, 0) is 57.5 Å². The van der Waals surface area contributed by atoms with Crippen molar-refractivity contribution in [2.45, 2.75) is 37.1 Å². The largest absolute Gasteiger partial charge is 0.317 e. The van der Waals surface area contributed by atoms with Crippen LogP contribution in [0.2, 0.25) is 5.02 Å². The number of hydrogen-bond donors (Lipinski definition) is 2. The third-order valence-corrected chi connectivity index (χ3v) is 5.59. The summed E-state index contributed by atoms with van der Waals surface area (Å²) < 4.78 is 27.6. The van der Waals surface area contributed by atoms with Crippen molar-refractivity contribution in [1.82, 2.24) is 10.0 Å². The number of sulfonamides is 1. The summed E-state index contributed by atoms with van der Waals surface area (Å²) in [4.78, 5) is 0.152. The van der Waals surface area contributed by atoms with Crippen LogP contribution >= 0.6 is 11.6 Å². The second kappa shape index (κ2) is 5.40. The third kappa shape index (κ3) is 3.48. The summed E-state index contributed by atoms with van der Waals surface area (Å²) in [7, 11) is -3.58. The van der Waals surface area contributed by atoms with Crippen molar-refractivity contribution in [3.05, 3.63) is 28.8 Å². The van der Waals surface area contributed by atoms with Crippen LogP contribution in [0.25, 0.3) is 0 Å². The van der Waals surface area contributed by atoms with E-state index in [4.69, 9.17) is 11.6 Å². The molecule has 6 heteroatoms. The summed E-state index contributed by atoms with van der Waals surface area (Å²) in [5.41, 5.74) is 0.537. The summed E-state index contributed by atoms with van der Waals surface area (Å²) >= 11 is 6.05. The molecule has 1 aliphatic rings. The van der Waals surface area contributed by atoms with Crippen molar-refractivity contribution in [3.8, 4) is 0 Å². The highest BCUT2D eigenvalue weighted by Crippen LogP contribution is 2.26. The van der Waals surface area contributed by atoms with Gasteiger partial charge in [-0.3, -0.25) is 0 Å². The van der Waals surface area contributed by atoms with Crippen LogP contribution in [0.5, 0.6) is 0 Å². The Hall–Kier alpha value is -0.620. The molecule has 1 aromatic rings. The van der Waals surface area contributed by atoms with E-state index >= 15 is 0 Å². The van der Waals surface area contributed by atoms with E-state index in [1.54, 1.807) is 18.2 Å². The highest BCUT2D eigenvalue weighted by molar-refractivity contribution is 7.89. The van der Waals surface area contributed by atoms with Gasteiger partial charge >= 0.3 is 0 Å². The van der Waals surface area contributed by atoms with Crippen LogP contribution < -0.4 is 10.0 Å². The van der Waals surface area contributed by atoms with E-state index in [-0.39, 0.29) is 9.92 Å². The molecule has 106 valence electrons.